The Balaban J connectivity index is 3.12. The van der Waals surface area contributed by atoms with Crippen LogP contribution in [0.15, 0.2) is 30.1 Å². The molecule has 0 spiro atoms. The van der Waals surface area contributed by atoms with Gasteiger partial charge in [0.05, 0.1) is 5.83 Å². The standard InChI is InChI=1S/C11H11F3/c1-7(6-8(2)12)11-9(13)4-3-5-10(11)14/h3-7H,1-2H3/b8-6+. The molecule has 0 aliphatic heterocycles. The van der Waals surface area contributed by atoms with Gasteiger partial charge < -0.3 is 0 Å². The van der Waals surface area contributed by atoms with Crippen LogP contribution in [0.3, 0.4) is 0 Å². The highest BCUT2D eigenvalue weighted by Gasteiger charge is 2.13. The molecule has 0 aliphatic carbocycles. The largest absolute Gasteiger partial charge is 0.212 e. The molecule has 1 atom stereocenters. The van der Waals surface area contributed by atoms with E-state index in [1.54, 1.807) is 6.92 Å². The molecule has 0 bridgehead atoms. The molecule has 0 radical (unpaired) electrons. The van der Waals surface area contributed by atoms with Crippen LogP contribution < -0.4 is 0 Å². The smallest absolute Gasteiger partial charge is 0.129 e. The van der Waals surface area contributed by atoms with E-state index in [9.17, 15) is 13.2 Å². The fourth-order valence-corrected chi connectivity index (χ4v) is 1.37. The van der Waals surface area contributed by atoms with Crippen molar-refractivity contribution in [3.63, 3.8) is 0 Å². The first-order valence-corrected chi connectivity index (χ1v) is 4.30. The predicted octanol–water partition coefficient (Wildman–Crippen LogP) is 3.94. The van der Waals surface area contributed by atoms with E-state index in [1.165, 1.54) is 19.1 Å². The molecular weight excluding hydrogens is 189 g/mol. The molecule has 0 amide bonds. The van der Waals surface area contributed by atoms with Crippen LogP contribution in [0.1, 0.15) is 25.3 Å². The Labute approximate surface area is 81.1 Å². The van der Waals surface area contributed by atoms with E-state index in [1.807, 2.05) is 0 Å². The lowest BCUT2D eigenvalue weighted by molar-refractivity contribution is 0.545. The van der Waals surface area contributed by atoms with Crippen molar-refractivity contribution >= 4 is 0 Å². The molecule has 0 N–H and O–H groups in total. The Kier molecular flexibility index (Phi) is 3.33. The van der Waals surface area contributed by atoms with Crippen LogP contribution >= 0.6 is 0 Å². The normalized spacial score (nSPS) is 14.2. The predicted molar refractivity (Wildman–Crippen MR) is 49.6 cm³/mol. The highest BCUT2D eigenvalue weighted by molar-refractivity contribution is 5.26. The summed E-state index contributed by atoms with van der Waals surface area (Å²) in [6, 6.07) is 3.61. The van der Waals surface area contributed by atoms with Crippen molar-refractivity contribution in [2.24, 2.45) is 0 Å². The van der Waals surface area contributed by atoms with Gasteiger partial charge in [-0.1, -0.05) is 13.0 Å². The molecule has 3 heteroatoms. The lowest BCUT2D eigenvalue weighted by Crippen LogP contribution is -1.98. The second kappa shape index (κ2) is 4.31. The molecule has 1 rings (SSSR count). The molecule has 0 fully saturated rings. The zero-order chi connectivity index (χ0) is 10.7. The van der Waals surface area contributed by atoms with E-state index in [0.717, 1.165) is 12.1 Å². The molecule has 0 heterocycles. The van der Waals surface area contributed by atoms with Crippen molar-refractivity contribution in [1.29, 1.82) is 0 Å². The summed E-state index contributed by atoms with van der Waals surface area (Å²) in [6.45, 7) is 2.79. The molecular formula is C11H11F3. The average Bonchev–Trinajstić information content (AvgIpc) is 2.01. The van der Waals surface area contributed by atoms with Gasteiger partial charge in [0, 0.05) is 11.5 Å². The summed E-state index contributed by atoms with van der Waals surface area (Å²) in [4.78, 5) is 0. The van der Waals surface area contributed by atoms with Gasteiger partial charge in [-0.15, -0.1) is 0 Å². The van der Waals surface area contributed by atoms with E-state index in [2.05, 4.69) is 0 Å². The topological polar surface area (TPSA) is 0 Å². The SMILES string of the molecule is C/C(F)=C\C(C)c1c(F)cccc1F. The molecule has 1 unspecified atom stereocenters. The first-order valence-electron chi connectivity index (χ1n) is 4.30. The van der Waals surface area contributed by atoms with Crippen LogP contribution in [-0.4, -0.2) is 0 Å². The second-order valence-corrected chi connectivity index (χ2v) is 3.18. The van der Waals surface area contributed by atoms with Gasteiger partial charge in [-0.25, -0.2) is 13.2 Å². The van der Waals surface area contributed by atoms with Crippen LogP contribution in [-0.2, 0) is 0 Å². The van der Waals surface area contributed by atoms with Crippen LogP contribution in [0.5, 0.6) is 0 Å². The molecule has 0 nitrogen and oxygen atoms in total. The zero-order valence-corrected chi connectivity index (χ0v) is 8.02. The van der Waals surface area contributed by atoms with Crippen LogP contribution in [0.4, 0.5) is 13.2 Å². The minimum Gasteiger partial charge on any atom is -0.212 e. The Hall–Kier alpha value is -1.25. The van der Waals surface area contributed by atoms with Crippen molar-refractivity contribution in [2.45, 2.75) is 19.8 Å². The van der Waals surface area contributed by atoms with E-state index in [4.69, 9.17) is 0 Å². The van der Waals surface area contributed by atoms with Gasteiger partial charge in [-0.05, 0) is 25.1 Å². The first kappa shape index (κ1) is 10.8. The summed E-state index contributed by atoms with van der Waals surface area (Å²) in [5.41, 5.74) is -0.0931. The van der Waals surface area contributed by atoms with Gasteiger partial charge >= 0.3 is 0 Å². The van der Waals surface area contributed by atoms with Gasteiger partial charge in [-0.2, -0.15) is 0 Å². The third-order valence-electron chi connectivity index (χ3n) is 1.93. The quantitative estimate of drug-likeness (QED) is 0.678. The number of allylic oxidation sites excluding steroid dienone is 2. The maximum absolute atomic E-state index is 13.2. The lowest BCUT2D eigenvalue weighted by atomic mass is 9.99. The molecule has 0 aliphatic rings. The van der Waals surface area contributed by atoms with Gasteiger partial charge in [0.1, 0.15) is 11.6 Å². The van der Waals surface area contributed by atoms with E-state index in [0.29, 0.717) is 0 Å². The maximum Gasteiger partial charge on any atom is 0.129 e. The first-order chi connectivity index (χ1) is 6.52. The van der Waals surface area contributed by atoms with Crippen molar-refractivity contribution in [2.75, 3.05) is 0 Å². The molecule has 1 aromatic rings. The number of benzene rings is 1. The number of hydrogen-bond donors (Lipinski definition) is 0. The third-order valence-corrected chi connectivity index (χ3v) is 1.93. The van der Waals surface area contributed by atoms with Crippen LogP contribution in [0, 0.1) is 11.6 Å². The summed E-state index contributed by atoms with van der Waals surface area (Å²) < 4.78 is 38.8. The van der Waals surface area contributed by atoms with Gasteiger partial charge in [-0.3, -0.25) is 0 Å². The van der Waals surface area contributed by atoms with E-state index in [-0.39, 0.29) is 5.56 Å². The third kappa shape index (κ3) is 2.37. The molecule has 76 valence electrons. The maximum atomic E-state index is 13.2. The highest BCUT2D eigenvalue weighted by Crippen LogP contribution is 2.24. The van der Waals surface area contributed by atoms with Crippen molar-refractivity contribution in [3.8, 4) is 0 Å². The summed E-state index contributed by atoms with van der Waals surface area (Å²) in [5, 5.41) is 0. The fourth-order valence-electron chi connectivity index (χ4n) is 1.37. The van der Waals surface area contributed by atoms with Gasteiger partial charge in [0.15, 0.2) is 0 Å². The van der Waals surface area contributed by atoms with Crippen molar-refractivity contribution < 1.29 is 13.2 Å². The number of hydrogen-bond acceptors (Lipinski definition) is 0. The number of rotatable bonds is 2. The Morgan fingerprint density at radius 1 is 1.29 bits per heavy atom. The monoisotopic (exact) mass is 200 g/mol. The molecule has 14 heavy (non-hydrogen) atoms. The summed E-state index contributed by atoms with van der Waals surface area (Å²) in [6.07, 6.45) is 1.18. The molecule has 0 saturated carbocycles. The Morgan fingerprint density at radius 2 is 1.79 bits per heavy atom. The molecule has 0 aromatic heterocycles. The summed E-state index contributed by atoms with van der Waals surface area (Å²) >= 11 is 0. The summed E-state index contributed by atoms with van der Waals surface area (Å²) in [7, 11) is 0. The minimum absolute atomic E-state index is 0.0931. The number of halogens is 3. The van der Waals surface area contributed by atoms with Crippen molar-refractivity contribution in [3.05, 3.63) is 47.3 Å². The molecule has 1 aromatic carbocycles. The Bertz CT molecular complexity index is 331. The van der Waals surface area contributed by atoms with E-state index < -0.39 is 23.4 Å². The second-order valence-electron chi connectivity index (χ2n) is 3.18. The molecule has 0 saturated heterocycles. The fraction of sp³-hybridized carbons (Fsp3) is 0.273. The zero-order valence-electron chi connectivity index (χ0n) is 8.02. The van der Waals surface area contributed by atoms with Gasteiger partial charge in [0.2, 0.25) is 0 Å². The average molecular weight is 200 g/mol. The van der Waals surface area contributed by atoms with Crippen molar-refractivity contribution in [1.82, 2.24) is 0 Å². The minimum atomic E-state index is -0.644. The van der Waals surface area contributed by atoms with Crippen LogP contribution in [0.2, 0.25) is 0 Å². The Morgan fingerprint density at radius 3 is 2.21 bits per heavy atom. The van der Waals surface area contributed by atoms with Crippen LogP contribution in [0.25, 0.3) is 0 Å². The van der Waals surface area contributed by atoms with E-state index >= 15 is 0 Å². The highest BCUT2D eigenvalue weighted by atomic mass is 19.1. The van der Waals surface area contributed by atoms with Gasteiger partial charge in [0.25, 0.3) is 0 Å². The summed E-state index contributed by atoms with van der Waals surface area (Å²) in [5.74, 6) is -2.33. The lowest BCUT2D eigenvalue weighted by Gasteiger charge is -2.09.